The van der Waals surface area contributed by atoms with E-state index in [1.54, 1.807) is 14.0 Å². The molecule has 1 amide bonds. The molecule has 5 heteroatoms. The zero-order valence-electron chi connectivity index (χ0n) is 12.6. The van der Waals surface area contributed by atoms with Gasteiger partial charge in [-0.05, 0) is 37.6 Å². The van der Waals surface area contributed by atoms with E-state index < -0.39 is 12.0 Å². The topological polar surface area (TPSA) is 83.6 Å². The fraction of sp³-hybridized carbons (Fsp3) is 0.857. The molecule has 2 atom stereocenters. The number of hydrogen-bond acceptors (Lipinski definition) is 3. The summed E-state index contributed by atoms with van der Waals surface area (Å²) >= 11 is 0. The summed E-state index contributed by atoms with van der Waals surface area (Å²) in [6.45, 7) is 6.65. The average molecular weight is 272 g/mol. The third kappa shape index (κ3) is 6.05. The Kier molecular flexibility index (Phi) is 8.39. The second kappa shape index (κ2) is 8.91. The molecular formula is C14H28N2O3. The van der Waals surface area contributed by atoms with Crippen LogP contribution in [0.2, 0.25) is 0 Å². The van der Waals surface area contributed by atoms with Crippen molar-refractivity contribution in [2.45, 2.75) is 52.5 Å². The maximum atomic E-state index is 12.0. The van der Waals surface area contributed by atoms with Gasteiger partial charge < -0.3 is 15.7 Å². The first-order valence-electron chi connectivity index (χ1n) is 7.03. The Morgan fingerprint density at radius 3 is 2.21 bits per heavy atom. The summed E-state index contributed by atoms with van der Waals surface area (Å²) in [4.78, 5) is 24.4. The smallest absolute Gasteiger partial charge is 0.326 e. The molecule has 0 aliphatic heterocycles. The van der Waals surface area contributed by atoms with Crippen molar-refractivity contribution >= 4 is 11.9 Å². The maximum absolute atomic E-state index is 12.0. The molecule has 19 heavy (non-hydrogen) atoms. The molecule has 2 unspecified atom stereocenters. The van der Waals surface area contributed by atoms with Crippen molar-refractivity contribution in [2.75, 3.05) is 13.6 Å². The molecule has 112 valence electrons. The Hall–Kier alpha value is -1.10. The fourth-order valence-electron chi connectivity index (χ4n) is 2.30. The molecule has 0 radical (unpaired) electrons. The summed E-state index contributed by atoms with van der Waals surface area (Å²) in [6, 6.07) is -0.723. The van der Waals surface area contributed by atoms with E-state index in [9.17, 15) is 9.59 Å². The second-order valence-electron chi connectivity index (χ2n) is 5.39. The second-order valence-corrected chi connectivity index (χ2v) is 5.39. The van der Waals surface area contributed by atoms with Crippen molar-refractivity contribution in [3.8, 4) is 0 Å². The van der Waals surface area contributed by atoms with Crippen molar-refractivity contribution in [3.63, 3.8) is 0 Å². The van der Waals surface area contributed by atoms with Crippen LogP contribution >= 0.6 is 0 Å². The van der Waals surface area contributed by atoms with Crippen LogP contribution in [0, 0.1) is 11.8 Å². The lowest BCUT2D eigenvalue weighted by atomic mass is 9.88. The van der Waals surface area contributed by atoms with Crippen LogP contribution in [0.3, 0.4) is 0 Å². The van der Waals surface area contributed by atoms with Crippen LogP contribution < -0.4 is 5.73 Å². The molecule has 0 saturated carbocycles. The molecule has 0 saturated heterocycles. The van der Waals surface area contributed by atoms with Crippen LogP contribution in [-0.2, 0) is 9.59 Å². The van der Waals surface area contributed by atoms with Crippen LogP contribution in [0.15, 0.2) is 0 Å². The Labute approximate surface area is 116 Å². The van der Waals surface area contributed by atoms with E-state index in [4.69, 9.17) is 10.8 Å². The van der Waals surface area contributed by atoms with Crippen LogP contribution in [0.25, 0.3) is 0 Å². The monoisotopic (exact) mass is 272 g/mol. The van der Waals surface area contributed by atoms with Crippen molar-refractivity contribution in [1.82, 2.24) is 4.90 Å². The number of hydrogen-bond donors (Lipinski definition) is 2. The van der Waals surface area contributed by atoms with Gasteiger partial charge in [0.05, 0.1) is 0 Å². The average Bonchev–Trinajstić information content (AvgIpc) is 2.33. The zero-order valence-corrected chi connectivity index (χ0v) is 12.6. The fourth-order valence-corrected chi connectivity index (χ4v) is 2.30. The highest BCUT2D eigenvalue weighted by molar-refractivity contribution is 5.83. The lowest BCUT2D eigenvalue weighted by molar-refractivity contribution is -0.149. The molecule has 0 aromatic heterocycles. The molecule has 0 aromatic rings. The van der Waals surface area contributed by atoms with Gasteiger partial charge in [0.25, 0.3) is 0 Å². The lowest BCUT2D eigenvalue weighted by Gasteiger charge is -2.25. The van der Waals surface area contributed by atoms with Crippen LogP contribution in [0.4, 0.5) is 0 Å². The van der Waals surface area contributed by atoms with E-state index in [2.05, 4.69) is 13.8 Å². The first kappa shape index (κ1) is 17.9. The van der Waals surface area contributed by atoms with E-state index in [0.29, 0.717) is 31.2 Å². The van der Waals surface area contributed by atoms with Crippen molar-refractivity contribution in [3.05, 3.63) is 0 Å². The largest absolute Gasteiger partial charge is 0.480 e. The van der Waals surface area contributed by atoms with Gasteiger partial charge in [0.15, 0.2) is 0 Å². The minimum atomic E-state index is -0.944. The van der Waals surface area contributed by atoms with E-state index >= 15 is 0 Å². The van der Waals surface area contributed by atoms with E-state index in [1.807, 2.05) is 0 Å². The predicted molar refractivity (Wildman–Crippen MR) is 75.7 cm³/mol. The van der Waals surface area contributed by atoms with Crippen molar-refractivity contribution < 1.29 is 14.7 Å². The lowest BCUT2D eigenvalue weighted by Crippen LogP contribution is -2.42. The van der Waals surface area contributed by atoms with Crippen LogP contribution in [0.5, 0.6) is 0 Å². The standard InChI is InChI=1S/C14H28N2O3/c1-5-12(14(18)19)16(4)13(17)7-6-11(8-9-15)10(2)3/h10-12H,5-9,15H2,1-4H3,(H,18,19). The maximum Gasteiger partial charge on any atom is 0.326 e. The van der Waals surface area contributed by atoms with Crippen molar-refractivity contribution in [2.24, 2.45) is 17.6 Å². The molecular weight excluding hydrogens is 244 g/mol. The first-order valence-corrected chi connectivity index (χ1v) is 7.03. The number of nitrogens with zero attached hydrogens (tertiary/aromatic N) is 1. The third-order valence-electron chi connectivity index (χ3n) is 3.74. The number of carboxylic acid groups (broad SMARTS) is 1. The minimum absolute atomic E-state index is 0.100. The number of likely N-dealkylation sites (N-methyl/N-ethyl adjacent to an activating group) is 1. The highest BCUT2D eigenvalue weighted by atomic mass is 16.4. The molecule has 0 heterocycles. The quantitative estimate of drug-likeness (QED) is 0.669. The summed E-state index contributed by atoms with van der Waals surface area (Å²) in [5, 5.41) is 9.03. The number of nitrogens with two attached hydrogens (primary N) is 1. The number of carbonyl (C=O) groups is 2. The summed E-state index contributed by atoms with van der Waals surface area (Å²) in [7, 11) is 1.57. The van der Waals surface area contributed by atoms with Gasteiger partial charge in [-0.25, -0.2) is 4.79 Å². The Bertz CT molecular complexity index is 292. The molecule has 0 fully saturated rings. The van der Waals surface area contributed by atoms with Gasteiger partial charge in [-0.3, -0.25) is 4.79 Å². The van der Waals surface area contributed by atoms with Gasteiger partial charge >= 0.3 is 5.97 Å². The number of carboxylic acids is 1. The Morgan fingerprint density at radius 2 is 1.84 bits per heavy atom. The molecule has 0 aromatic carbocycles. The third-order valence-corrected chi connectivity index (χ3v) is 3.74. The van der Waals surface area contributed by atoms with E-state index in [-0.39, 0.29) is 5.91 Å². The van der Waals surface area contributed by atoms with E-state index in [1.165, 1.54) is 4.90 Å². The Morgan fingerprint density at radius 1 is 1.26 bits per heavy atom. The first-order chi connectivity index (χ1) is 8.84. The molecule has 0 aliphatic rings. The number of aliphatic carboxylic acids is 1. The van der Waals surface area contributed by atoms with E-state index in [0.717, 1.165) is 12.8 Å². The summed E-state index contributed by atoms with van der Waals surface area (Å²) in [6.07, 6.45) is 2.50. The van der Waals surface area contributed by atoms with Gasteiger partial charge in [0, 0.05) is 13.5 Å². The van der Waals surface area contributed by atoms with Crippen LogP contribution in [-0.4, -0.2) is 41.5 Å². The normalized spacial score (nSPS) is 14.2. The summed E-state index contributed by atoms with van der Waals surface area (Å²) < 4.78 is 0. The van der Waals surface area contributed by atoms with Gasteiger partial charge in [-0.15, -0.1) is 0 Å². The number of carbonyl (C=O) groups excluding carboxylic acids is 1. The van der Waals surface area contributed by atoms with Crippen LogP contribution in [0.1, 0.15) is 46.5 Å². The molecule has 0 spiro atoms. The number of amides is 1. The molecule has 0 rings (SSSR count). The Balaban J connectivity index is 4.39. The summed E-state index contributed by atoms with van der Waals surface area (Å²) in [5.74, 6) is -0.131. The molecule has 0 bridgehead atoms. The van der Waals surface area contributed by atoms with Gasteiger partial charge in [0.1, 0.15) is 6.04 Å². The van der Waals surface area contributed by atoms with Gasteiger partial charge in [-0.2, -0.15) is 0 Å². The van der Waals surface area contributed by atoms with Gasteiger partial charge in [-0.1, -0.05) is 20.8 Å². The highest BCUT2D eigenvalue weighted by Gasteiger charge is 2.25. The zero-order chi connectivity index (χ0) is 15.0. The van der Waals surface area contributed by atoms with Crippen molar-refractivity contribution in [1.29, 1.82) is 0 Å². The molecule has 3 N–H and O–H groups in total. The summed E-state index contributed by atoms with van der Waals surface area (Å²) in [5.41, 5.74) is 5.57. The highest BCUT2D eigenvalue weighted by Crippen LogP contribution is 2.21. The minimum Gasteiger partial charge on any atom is -0.480 e. The molecule has 0 aliphatic carbocycles. The SMILES string of the molecule is CCC(C(=O)O)N(C)C(=O)CCC(CCN)C(C)C. The molecule has 5 nitrogen and oxygen atoms in total. The predicted octanol–water partition coefficient (Wildman–Crippen LogP) is 1.71. The number of rotatable bonds is 9. The van der Waals surface area contributed by atoms with Gasteiger partial charge in [0.2, 0.25) is 5.91 Å².